The van der Waals surface area contributed by atoms with Crippen molar-refractivity contribution in [3.63, 3.8) is 0 Å². The molecule has 9 nitrogen and oxygen atoms in total. The van der Waals surface area contributed by atoms with E-state index in [-0.39, 0.29) is 31.7 Å². The molecule has 32 heavy (non-hydrogen) atoms. The van der Waals surface area contributed by atoms with Crippen molar-refractivity contribution in [2.45, 2.75) is 26.5 Å². The number of hydroxylamine groups is 2. The van der Waals surface area contributed by atoms with Crippen LogP contribution >= 0.6 is 0 Å². The van der Waals surface area contributed by atoms with E-state index in [1.807, 2.05) is 62.4 Å². The summed E-state index contributed by atoms with van der Waals surface area (Å²) >= 11 is 0. The zero-order valence-electron chi connectivity index (χ0n) is 18.0. The average Bonchev–Trinajstić information content (AvgIpc) is 3.27. The van der Waals surface area contributed by atoms with Gasteiger partial charge in [0.1, 0.15) is 6.61 Å². The summed E-state index contributed by atoms with van der Waals surface area (Å²) in [4.78, 5) is 34.7. The number of aryl methyl sites for hydroxylation is 1. The van der Waals surface area contributed by atoms with Crippen molar-refractivity contribution in [2.24, 2.45) is 0 Å². The Labute approximate surface area is 186 Å². The first-order valence-corrected chi connectivity index (χ1v) is 10.4. The minimum atomic E-state index is -0.577. The minimum Gasteiger partial charge on any atom is -0.443 e. The summed E-state index contributed by atoms with van der Waals surface area (Å²) in [6.45, 7) is 4.65. The maximum atomic E-state index is 13.5. The molecule has 1 aliphatic rings. The number of ether oxygens (including phenoxy) is 1. The van der Waals surface area contributed by atoms with Gasteiger partial charge in [0.05, 0.1) is 42.8 Å². The summed E-state index contributed by atoms with van der Waals surface area (Å²) in [6.07, 6.45) is 2.55. The molecular weight excluding hydrogens is 410 g/mol. The fraction of sp³-hybridized carbons (Fsp3) is 0.304. The molecule has 1 saturated heterocycles. The molecule has 0 saturated carbocycles. The van der Waals surface area contributed by atoms with Gasteiger partial charge in [0, 0.05) is 6.54 Å². The van der Waals surface area contributed by atoms with Crippen molar-refractivity contribution < 1.29 is 19.2 Å². The Kier molecular flexibility index (Phi) is 6.46. The zero-order valence-corrected chi connectivity index (χ0v) is 18.0. The summed E-state index contributed by atoms with van der Waals surface area (Å²) in [5.41, 5.74) is 2.93. The second-order valence-electron chi connectivity index (χ2n) is 7.62. The number of carbonyl (C=O) groups is 2. The molecule has 2 heterocycles. The maximum absolute atomic E-state index is 13.5. The molecule has 0 aliphatic carbocycles. The second kappa shape index (κ2) is 9.61. The normalized spacial score (nSPS) is 16.5. The first-order chi connectivity index (χ1) is 15.5. The molecule has 0 bridgehead atoms. The van der Waals surface area contributed by atoms with E-state index in [4.69, 9.17) is 9.57 Å². The zero-order chi connectivity index (χ0) is 22.5. The number of carbonyl (C=O) groups excluding carboxylic acids is 2. The first-order valence-electron chi connectivity index (χ1n) is 10.4. The van der Waals surface area contributed by atoms with Crippen LogP contribution in [0.1, 0.15) is 28.4 Å². The third-order valence-corrected chi connectivity index (χ3v) is 5.23. The predicted octanol–water partition coefficient (Wildman–Crippen LogP) is 2.99. The molecule has 2 aromatic carbocycles. The van der Waals surface area contributed by atoms with Crippen molar-refractivity contribution in [1.29, 1.82) is 0 Å². The molecule has 0 unspecified atom stereocenters. The molecule has 4 rings (SSSR count). The van der Waals surface area contributed by atoms with E-state index >= 15 is 0 Å². The molecule has 1 atom stereocenters. The topological polar surface area (TPSA) is 89.8 Å². The predicted molar refractivity (Wildman–Crippen MR) is 116 cm³/mol. The molecule has 0 radical (unpaired) electrons. The van der Waals surface area contributed by atoms with Crippen molar-refractivity contribution in [3.05, 3.63) is 77.6 Å². The van der Waals surface area contributed by atoms with Gasteiger partial charge in [-0.3, -0.25) is 9.63 Å². The van der Waals surface area contributed by atoms with Gasteiger partial charge in [-0.05, 0) is 31.5 Å². The van der Waals surface area contributed by atoms with Crippen LogP contribution in [0.15, 0.2) is 60.9 Å². The highest BCUT2D eigenvalue weighted by atomic mass is 16.7. The van der Waals surface area contributed by atoms with Gasteiger partial charge in [-0.25, -0.2) is 4.79 Å². The average molecular weight is 435 g/mol. The van der Waals surface area contributed by atoms with Gasteiger partial charge >= 0.3 is 6.09 Å². The van der Waals surface area contributed by atoms with Crippen molar-refractivity contribution in [2.75, 3.05) is 19.7 Å². The van der Waals surface area contributed by atoms with E-state index in [0.717, 1.165) is 11.1 Å². The number of aromatic nitrogens is 3. The lowest BCUT2D eigenvalue weighted by atomic mass is 10.1. The molecule has 1 fully saturated rings. The lowest BCUT2D eigenvalue weighted by Crippen LogP contribution is -2.41. The van der Waals surface area contributed by atoms with Gasteiger partial charge in [-0.2, -0.15) is 20.1 Å². The van der Waals surface area contributed by atoms with Gasteiger partial charge in [0.15, 0.2) is 0 Å². The Balaban J connectivity index is 1.46. The standard InChI is InChI=1S/C23H25N5O4/c1-17-8-9-21(28-24-10-11-25-28)20(14-17)22(29)26-12-13-27(32-15-18(26)2)23(30)31-16-19-6-4-3-5-7-19/h3-11,14,18H,12-13,15-16H2,1-2H3/t18-/m1/s1. The molecule has 1 aliphatic heterocycles. The molecule has 3 aromatic rings. The summed E-state index contributed by atoms with van der Waals surface area (Å²) in [5.74, 6) is -0.170. The van der Waals surface area contributed by atoms with Gasteiger partial charge < -0.3 is 9.64 Å². The fourth-order valence-corrected chi connectivity index (χ4v) is 3.50. The van der Waals surface area contributed by atoms with Crippen LogP contribution in [-0.2, 0) is 16.2 Å². The van der Waals surface area contributed by atoms with Crippen LogP contribution in [0.4, 0.5) is 4.79 Å². The molecule has 0 spiro atoms. The second-order valence-corrected chi connectivity index (χ2v) is 7.62. The fourth-order valence-electron chi connectivity index (χ4n) is 3.50. The van der Waals surface area contributed by atoms with Gasteiger partial charge in [-0.15, -0.1) is 0 Å². The Morgan fingerprint density at radius 2 is 1.84 bits per heavy atom. The van der Waals surface area contributed by atoms with E-state index in [2.05, 4.69) is 10.2 Å². The number of benzene rings is 2. The highest BCUT2D eigenvalue weighted by Gasteiger charge is 2.30. The number of hydrogen-bond donors (Lipinski definition) is 0. The quantitative estimate of drug-likeness (QED) is 0.626. The minimum absolute atomic E-state index is 0.154. The van der Waals surface area contributed by atoms with E-state index in [1.165, 1.54) is 9.86 Å². The summed E-state index contributed by atoms with van der Waals surface area (Å²) < 4.78 is 5.36. The van der Waals surface area contributed by atoms with Crippen LogP contribution in [-0.4, -0.2) is 62.7 Å². The van der Waals surface area contributed by atoms with Crippen molar-refractivity contribution in [3.8, 4) is 5.69 Å². The lowest BCUT2D eigenvalue weighted by Gasteiger charge is -2.26. The van der Waals surface area contributed by atoms with Crippen LogP contribution in [0, 0.1) is 6.92 Å². The number of amides is 2. The molecule has 9 heteroatoms. The molecule has 1 aromatic heterocycles. The van der Waals surface area contributed by atoms with Crippen molar-refractivity contribution >= 4 is 12.0 Å². The Morgan fingerprint density at radius 3 is 2.59 bits per heavy atom. The van der Waals surface area contributed by atoms with E-state index in [1.54, 1.807) is 17.3 Å². The summed E-state index contributed by atoms with van der Waals surface area (Å²) in [6, 6.07) is 14.8. The third-order valence-electron chi connectivity index (χ3n) is 5.23. The van der Waals surface area contributed by atoms with E-state index in [0.29, 0.717) is 17.8 Å². The maximum Gasteiger partial charge on any atom is 0.434 e. The van der Waals surface area contributed by atoms with E-state index in [9.17, 15) is 9.59 Å². The van der Waals surface area contributed by atoms with Gasteiger partial charge in [0.2, 0.25) is 0 Å². The third kappa shape index (κ3) is 4.78. The highest BCUT2D eigenvalue weighted by molar-refractivity contribution is 5.98. The van der Waals surface area contributed by atoms with Crippen LogP contribution in [0.3, 0.4) is 0 Å². The number of hydrogen-bond acceptors (Lipinski definition) is 6. The van der Waals surface area contributed by atoms with Crippen LogP contribution in [0.2, 0.25) is 0 Å². The van der Waals surface area contributed by atoms with Crippen molar-refractivity contribution in [1.82, 2.24) is 25.0 Å². The smallest absolute Gasteiger partial charge is 0.434 e. The van der Waals surface area contributed by atoms with Crippen LogP contribution in [0.25, 0.3) is 5.69 Å². The lowest BCUT2D eigenvalue weighted by molar-refractivity contribution is -0.131. The molecule has 166 valence electrons. The molecular formula is C23H25N5O4. The summed E-state index contributed by atoms with van der Waals surface area (Å²) in [7, 11) is 0. The monoisotopic (exact) mass is 435 g/mol. The van der Waals surface area contributed by atoms with Gasteiger partial charge in [0.25, 0.3) is 5.91 Å². The van der Waals surface area contributed by atoms with Crippen LogP contribution < -0.4 is 0 Å². The Morgan fingerprint density at radius 1 is 1.09 bits per heavy atom. The van der Waals surface area contributed by atoms with Crippen LogP contribution in [0.5, 0.6) is 0 Å². The molecule has 0 N–H and O–H groups in total. The van der Waals surface area contributed by atoms with E-state index < -0.39 is 6.09 Å². The largest absolute Gasteiger partial charge is 0.443 e. The number of rotatable bonds is 4. The SMILES string of the molecule is Cc1ccc(-n2nccn2)c(C(=O)N2CCN(C(=O)OCc3ccccc3)OC[C@H]2C)c1. The molecule has 2 amide bonds. The highest BCUT2D eigenvalue weighted by Crippen LogP contribution is 2.20. The Bertz CT molecular complexity index is 1070. The number of nitrogens with zero attached hydrogens (tertiary/aromatic N) is 5. The summed E-state index contributed by atoms with van der Waals surface area (Å²) in [5, 5.41) is 9.51. The Hall–Kier alpha value is -3.72. The van der Waals surface area contributed by atoms with Gasteiger partial charge in [-0.1, -0.05) is 42.0 Å². The first kappa shape index (κ1) is 21.5.